The zero-order valence-corrected chi connectivity index (χ0v) is 14.7. The molecular weight excluding hydrogens is 320 g/mol. The van der Waals surface area contributed by atoms with Crippen LogP contribution < -0.4 is 0 Å². The molecule has 1 fully saturated rings. The van der Waals surface area contributed by atoms with Gasteiger partial charge in [0.25, 0.3) is 5.69 Å². The summed E-state index contributed by atoms with van der Waals surface area (Å²) in [6.45, 7) is 6.22. The van der Waals surface area contributed by atoms with Crippen LogP contribution in [0.2, 0.25) is 0 Å². The second-order valence-electron chi connectivity index (χ2n) is 6.66. The van der Waals surface area contributed by atoms with E-state index < -0.39 is 0 Å². The fourth-order valence-corrected chi connectivity index (χ4v) is 3.19. The molecule has 1 aromatic carbocycles. The summed E-state index contributed by atoms with van der Waals surface area (Å²) in [6, 6.07) is 7.37. The van der Waals surface area contributed by atoms with Gasteiger partial charge >= 0.3 is 0 Å². The fraction of sp³-hybridized carbons (Fsp3) is 0.500. The van der Waals surface area contributed by atoms with Crippen LogP contribution in [0.15, 0.2) is 24.3 Å². The van der Waals surface area contributed by atoms with Crippen LogP contribution in [0.25, 0.3) is 0 Å². The van der Waals surface area contributed by atoms with Crippen LogP contribution in [0.4, 0.5) is 5.69 Å². The first-order valence-corrected chi connectivity index (χ1v) is 8.60. The van der Waals surface area contributed by atoms with E-state index in [-0.39, 0.29) is 17.2 Å². The van der Waals surface area contributed by atoms with Gasteiger partial charge in [-0.25, -0.2) is 0 Å². The maximum absolute atomic E-state index is 10.8. The van der Waals surface area contributed by atoms with Crippen LogP contribution in [0.3, 0.4) is 0 Å². The second kappa shape index (κ2) is 7.33. The van der Waals surface area contributed by atoms with Gasteiger partial charge in [-0.05, 0) is 32.3 Å². The Morgan fingerprint density at radius 3 is 2.52 bits per heavy atom. The number of aliphatic hydroxyl groups is 1. The lowest BCUT2D eigenvalue weighted by Gasteiger charge is -2.22. The van der Waals surface area contributed by atoms with Crippen molar-refractivity contribution in [1.29, 1.82) is 0 Å². The van der Waals surface area contributed by atoms with Gasteiger partial charge in [0.05, 0.1) is 23.8 Å². The largest absolute Gasteiger partial charge is 0.394 e. The molecule has 1 heterocycles. The highest BCUT2D eigenvalue weighted by molar-refractivity contribution is 5.33. The van der Waals surface area contributed by atoms with Gasteiger partial charge in [-0.2, -0.15) is 5.10 Å². The molecule has 0 bridgehead atoms. The predicted octanol–water partition coefficient (Wildman–Crippen LogP) is 2.57. The Morgan fingerprint density at radius 1 is 1.28 bits per heavy atom. The Kier molecular flexibility index (Phi) is 5.15. The summed E-state index contributed by atoms with van der Waals surface area (Å²) >= 11 is 0. The van der Waals surface area contributed by atoms with Crippen molar-refractivity contribution < 1.29 is 10.0 Å². The first kappa shape index (κ1) is 17.6. The minimum Gasteiger partial charge on any atom is -0.394 e. The molecule has 2 aromatic rings. The summed E-state index contributed by atoms with van der Waals surface area (Å²) in [5.74, 6) is 0. The van der Waals surface area contributed by atoms with E-state index >= 15 is 0 Å². The Bertz CT molecular complexity index is 750. The normalized spacial score (nSPS) is 14.2. The zero-order chi connectivity index (χ0) is 18.0. The van der Waals surface area contributed by atoms with Gasteiger partial charge in [0.1, 0.15) is 0 Å². The van der Waals surface area contributed by atoms with Crippen molar-refractivity contribution in [3.63, 3.8) is 0 Å². The number of aliphatic hydroxyl groups excluding tert-OH is 1. The molecule has 0 amide bonds. The number of aryl methyl sites for hydroxylation is 1. The third kappa shape index (κ3) is 4.05. The van der Waals surface area contributed by atoms with Crippen molar-refractivity contribution in [3.05, 3.63) is 56.9 Å². The van der Waals surface area contributed by atoms with Crippen molar-refractivity contribution in [2.75, 3.05) is 6.61 Å². The van der Waals surface area contributed by atoms with E-state index in [1.54, 1.807) is 12.1 Å². The van der Waals surface area contributed by atoms with Crippen LogP contribution in [-0.2, 0) is 19.6 Å². The second-order valence-corrected chi connectivity index (χ2v) is 6.66. The summed E-state index contributed by atoms with van der Waals surface area (Å²) in [6.07, 6.45) is 2.38. The SMILES string of the molecule is Cc1nn(CCO)c(C)c1CN(Cc1ccc([N+](=O)[O-])cc1)C1CC1. The standard InChI is InChI=1S/C18H24N4O3/c1-13-18(14(2)21(19-13)9-10-23)12-20(16-7-8-16)11-15-3-5-17(6-4-15)22(24)25/h3-6,16,23H,7-12H2,1-2H3. The number of nitro groups is 1. The van der Waals surface area contributed by atoms with Crippen molar-refractivity contribution in [2.45, 2.75) is 52.4 Å². The first-order valence-electron chi connectivity index (χ1n) is 8.60. The minimum absolute atomic E-state index is 0.0799. The molecule has 0 aliphatic heterocycles. The van der Waals surface area contributed by atoms with Gasteiger partial charge in [0.15, 0.2) is 0 Å². The van der Waals surface area contributed by atoms with Crippen LogP contribution in [0.1, 0.15) is 35.4 Å². The number of hydrogen-bond acceptors (Lipinski definition) is 5. The zero-order valence-electron chi connectivity index (χ0n) is 14.7. The molecule has 0 saturated heterocycles. The number of rotatable bonds is 8. The highest BCUT2D eigenvalue weighted by Gasteiger charge is 2.30. The van der Waals surface area contributed by atoms with E-state index in [9.17, 15) is 10.1 Å². The van der Waals surface area contributed by atoms with Crippen LogP contribution >= 0.6 is 0 Å². The number of nitrogens with zero attached hydrogens (tertiary/aromatic N) is 4. The summed E-state index contributed by atoms with van der Waals surface area (Å²) in [4.78, 5) is 12.8. The molecule has 1 N–H and O–H groups in total. The monoisotopic (exact) mass is 344 g/mol. The Balaban J connectivity index is 1.75. The van der Waals surface area contributed by atoms with Gasteiger partial charge in [-0.3, -0.25) is 19.7 Å². The summed E-state index contributed by atoms with van der Waals surface area (Å²) in [5.41, 5.74) is 4.51. The summed E-state index contributed by atoms with van der Waals surface area (Å²) in [7, 11) is 0. The van der Waals surface area contributed by atoms with Crippen molar-refractivity contribution in [2.24, 2.45) is 0 Å². The molecule has 0 atom stereocenters. The van der Waals surface area contributed by atoms with E-state index in [2.05, 4.69) is 10.00 Å². The lowest BCUT2D eigenvalue weighted by Crippen LogP contribution is -2.25. The van der Waals surface area contributed by atoms with E-state index in [0.29, 0.717) is 12.6 Å². The highest BCUT2D eigenvalue weighted by atomic mass is 16.6. The molecule has 134 valence electrons. The molecule has 1 aromatic heterocycles. The maximum Gasteiger partial charge on any atom is 0.269 e. The van der Waals surface area contributed by atoms with E-state index in [4.69, 9.17) is 5.11 Å². The first-order chi connectivity index (χ1) is 12.0. The number of benzene rings is 1. The van der Waals surface area contributed by atoms with Crippen LogP contribution in [0.5, 0.6) is 0 Å². The molecule has 1 aliphatic carbocycles. The van der Waals surface area contributed by atoms with Crippen molar-refractivity contribution >= 4 is 5.69 Å². The quantitative estimate of drug-likeness (QED) is 0.588. The molecule has 0 radical (unpaired) electrons. The average molecular weight is 344 g/mol. The van der Waals surface area contributed by atoms with Gasteiger partial charge in [-0.1, -0.05) is 12.1 Å². The lowest BCUT2D eigenvalue weighted by molar-refractivity contribution is -0.384. The number of hydrogen-bond donors (Lipinski definition) is 1. The van der Waals surface area contributed by atoms with E-state index in [1.165, 1.54) is 18.4 Å². The number of nitro benzene ring substituents is 1. The van der Waals surface area contributed by atoms with Gasteiger partial charge in [0.2, 0.25) is 0 Å². The number of aromatic nitrogens is 2. The summed E-state index contributed by atoms with van der Waals surface area (Å²) < 4.78 is 1.86. The van der Waals surface area contributed by atoms with Crippen LogP contribution in [0, 0.1) is 24.0 Å². The third-order valence-electron chi connectivity index (χ3n) is 4.80. The third-order valence-corrected chi connectivity index (χ3v) is 4.80. The van der Waals surface area contributed by atoms with E-state index in [0.717, 1.165) is 30.0 Å². The highest BCUT2D eigenvalue weighted by Crippen LogP contribution is 2.31. The lowest BCUT2D eigenvalue weighted by atomic mass is 10.1. The van der Waals surface area contributed by atoms with Gasteiger partial charge < -0.3 is 5.11 Å². The minimum atomic E-state index is -0.370. The molecular formula is C18H24N4O3. The van der Waals surface area contributed by atoms with Gasteiger partial charge in [0, 0.05) is 42.5 Å². The topological polar surface area (TPSA) is 84.4 Å². The molecule has 0 spiro atoms. The number of non-ortho nitro benzene ring substituents is 1. The Hall–Kier alpha value is -2.25. The molecule has 1 aliphatic rings. The summed E-state index contributed by atoms with van der Waals surface area (Å²) in [5, 5.41) is 24.5. The predicted molar refractivity (Wildman–Crippen MR) is 94.2 cm³/mol. The smallest absolute Gasteiger partial charge is 0.269 e. The molecule has 7 nitrogen and oxygen atoms in total. The Morgan fingerprint density at radius 2 is 1.96 bits per heavy atom. The van der Waals surface area contributed by atoms with Gasteiger partial charge in [-0.15, -0.1) is 0 Å². The maximum atomic E-state index is 10.8. The van der Waals surface area contributed by atoms with E-state index in [1.807, 2.05) is 30.7 Å². The van der Waals surface area contributed by atoms with Crippen molar-refractivity contribution in [3.8, 4) is 0 Å². The molecule has 3 rings (SSSR count). The molecule has 7 heteroatoms. The average Bonchev–Trinajstić information content (AvgIpc) is 3.39. The Labute approximate surface area is 147 Å². The molecule has 1 saturated carbocycles. The fourth-order valence-electron chi connectivity index (χ4n) is 3.19. The molecule has 0 unspecified atom stereocenters. The van der Waals surface area contributed by atoms with Crippen molar-refractivity contribution in [1.82, 2.24) is 14.7 Å². The molecule has 25 heavy (non-hydrogen) atoms. The van der Waals surface area contributed by atoms with Crippen LogP contribution in [-0.4, -0.2) is 37.4 Å².